The SMILES string of the molecule is Cc1nn(CC(=O)N(C)Cc2cnn(C)c2C)c2nccc(-c3ccccc3)c12. The summed E-state index contributed by atoms with van der Waals surface area (Å²) >= 11 is 0. The van der Waals surface area contributed by atoms with E-state index < -0.39 is 0 Å². The number of amides is 1. The van der Waals surface area contributed by atoms with Crippen LogP contribution in [0.4, 0.5) is 0 Å². The topological polar surface area (TPSA) is 68.8 Å². The first kappa shape index (κ1) is 18.9. The van der Waals surface area contributed by atoms with Crippen LogP contribution in [0.2, 0.25) is 0 Å². The Morgan fingerprint density at radius 3 is 2.59 bits per heavy atom. The molecule has 0 N–H and O–H groups in total. The van der Waals surface area contributed by atoms with E-state index in [1.54, 1.807) is 29.0 Å². The quantitative estimate of drug-likeness (QED) is 0.527. The Morgan fingerprint density at radius 1 is 1.14 bits per heavy atom. The lowest BCUT2D eigenvalue weighted by Crippen LogP contribution is -2.30. The molecule has 29 heavy (non-hydrogen) atoms. The first-order valence-electron chi connectivity index (χ1n) is 9.54. The van der Waals surface area contributed by atoms with Crippen molar-refractivity contribution in [2.24, 2.45) is 7.05 Å². The molecule has 0 spiro atoms. The highest BCUT2D eigenvalue weighted by atomic mass is 16.2. The van der Waals surface area contributed by atoms with Gasteiger partial charge in [-0.05, 0) is 31.0 Å². The van der Waals surface area contributed by atoms with E-state index in [1.165, 1.54) is 0 Å². The average molecular weight is 388 g/mol. The lowest BCUT2D eigenvalue weighted by molar-refractivity contribution is -0.131. The van der Waals surface area contributed by atoms with E-state index in [2.05, 4.69) is 27.3 Å². The summed E-state index contributed by atoms with van der Waals surface area (Å²) in [6.45, 7) is 4.62. The summed E-state index contributed by atoms with van der Waals surface area (Å²) in [5, 5.41) is 9.85. The number of fused-ring (bicyclic) bond motifs is 1. The van der Waals surface area contributed by atoms with Gasteiger partial charge in [-0.2, -0.15) is 10.2 Å². The molecule has 0 aliphatic carbocycles. The van der Waals surface area contributed by atoms with Crippen molar-refractivity contribution >= 4 is 16.9 Å². The summed E-state index contributed by atoms with van der Waals surface area (Å²) in [6.07, 6.45) is 3.58. The van der Waals surface area contributed by atoms with Crippen molar-refractivity contribution in [1.82, 2.24) is 29.4 Å². The van der Waals surface area contributed by atoms with E-state index in [0.29, 0.717) is 6.54 Å². The summed E-state index contributed by atoms with van der Waals surface area (Å²) in [7, 11) is 3.70. The molecule has 1 amide bonds. The van der Waals surface area contributed by atoms with Crippen molar-refractivity contribution < 1.29 is 4.79 Å². The minimum absolute atomic E-state index is 0.0235. The molecule has 0 saturated carbocycles. The molecule has 0 aliphatic rings. The number of likely N-dealkylation sites (N-methyl/N-ethyl adjacent to an activating group) is 1. The number of carbonyl (C=O) groups excluding carboxylic acids is 1. The molecule has 0 aliphatic heterocycles. The van der Waals surface area contributed by atoms with Gasteiger partial charge in [0.25, 0.3) is 0 Å². The number of nitrogens with zero attached hydrogens (tertiary/aromatic N) is 6. The first-order valence-corrected chi connectivity index (χ1v) is 9.54. The van der Waals surface area contributed by atoms with Gasteiger partial charge in [0.2, 0.25) is 5.91 Å². The number of pyridine rings is 1. The second-order valence-corrected chi connectivity index (χ2v) is 7.29. The Kier molecular flexibility index (Phi) is 4.88. The normalized spacial score (nSPS) is 11.2. The maximum absolute atomic E-state index is 12.9. The van der Waals surface area contributed by atoms with Gasteiger partial charge in [-0.15, -0.1) is 0 Å². The monoisotopic (exact) mass is 388 g/mol. The molecular formula is C22H24N6O. The van der Waals surface area contributed by atoms with Crippen LogP contribution in [0, 0.1) is 13.8 Å². The van der Waals surface area contributed by atoms with Gasteiger partial charge in [0.05, 0.1) is 11.9 Å². The minimum Gasteiger partial charge on any atom is -0.340 e. The van der Waals surface area contributed by atoms with Crippen molar-refractivity contribution in [1.29, 1.82) is 0 Å². The molecule has 7 heteroatoms. The molecule has 0 saturated heterocycles. The third-order valence-corrected chi connectivity index (χ3v) is 5.35. The van der Waals surface area contributed by atoms with Gasteiger partial charge in [-0.3, -0.25) is 9.48 Å². The van der Waals surface area contributed by atoms with Gasteiger partial charge >= 0.3 is 0 Å². The van der Waals surface area contributed by atoms with Crippen LogP contribution in [0.1, 0.15) is 17.0 Å². The standard InChI is InChI=1S/C22H24N6O/c1-15-21-19(17-8-6-5-7-9-17)10-11-23-22(21)28(25-15)14-20(29)26(3)13-18-12-24-27(4)16(18)2/h5-12H,13-14H2,1-4H3. The van der Waals surface area contributed by atoms with E-state index in [9.17, 15) is 4.79 Å². The molecular weight excluding hydrogens is 364 g/mol. The Bertz CT molecular complexity index is 1170. The highest BCUT2D eigenvalue weighted by molar-refractivity contribution is 5.95. The molecule has 0 fully saturated rings. The van der Waals surface area contributed by atoms with Crippen molar-refractivity contribution in [3.05, 3.63) is 65.7 Å². The number of benzene rings is 1. The number of aryl methyl sites for hydroxylation is 2. The fourth-order valence-electron chi connectivity index (χ4n) is 3.54. The Hall–Kier alpha value is -3.48. The first-order chi connectivity index (χ1) is 14.0. The summed E-state index contributed by atoms with van der Waals surface area (Å²) in [5.74, 6) is -0.0235. The molecule has 0 unspecified atom stereocenters. The molecule has 4 rings (SSSR count). The van der Waals surface area contributed by atoms with Crippen molar-refractivity contribution in [3.8, 4) is 11.1 Å². The molecule has 4 aromatic rings. The second-order valence-electron chi connectivity index (χ2n) is 7.29. The molecule has 7 nitrogen and oxygen atoms in total. The summed E-state index contributed by atoms with van der Waals surface area (Å²) in [4.78, 5) is 19.1. The van der Waals surface area contributed by atoms with Crippen molar-refractivity contribution in [2.45, 2.75) is 26.9 Å². The fourth-order valence-corrected chi connectivity index (χ4v) is 3.54. The highest BCUT2D eigenvalue weighted by Gasteiger charge is 2.18. The molecule has 0 radical (unpaired) electrons. The molecule has 0 bridgehead atoms. The van der Waals surface area contributed by atoms with E-state index in [4.69, 9.17) is 0 Å². The largest absolute Gasteiger partial charge is 0.340 e. The van der Waals surface area contributed by atoms with E-state index >= 15 is 0 Å². The highest BCUT2D eigenvalue weighted by Crippen LogP contribution is 2.29. The van der Waals surface area contributed by atoms with Crippen molar-refractivity contribution in [3.63, 3.8) is 0 Å². The lowest BCUT2D eigenvalue weighted by Gasteiger charge is -2.17. The smallest absolute Gasteiger partial charge is 0.244 e. The van der Waals surface area contributed by atoms with Crippen LogP contribution in [0.15, 0.2) is 48.8 Å². The molecule has 0 atom stereocenters. The lowest BCUT2D eigenvalue weighted by atomic mass is 10.0. The minimum atomic E-state index is -0.0235. The van der Waals surface area contributed by atoms with Gasteiger partial charge in [-0.1, -0.05) is 30.3 Å². The number of rotatable bonds is 5. The Morgan fingerprint density at radius 2 is 1.90 bits per heavy atom. The van der Waals surface area contributed by atoms with Crippen LogP contribution in [0.5, 0.6) is 0 Å². The number of hydrogen-bond acceptors (Lipinski definition) is 4. The van der Waals surface area contributed by atoms with Crippen LogP contribution < -0.4 is 0 Å². The average Bonchev–Trinajstić information content (AvgIpc) is 3.22. The zero-order valence-electron chi connectivity index (χ0n) is 17.1. The predicted molar refractivity (Wildman–Crippen MR) is 112 cm³/mol. The van der Waals surface area contributed by atoms with Crippen LogP contribution >= 0.6 is 0 Å². The van der Waals surface area contributed by atoms with Gasteiger partial charge < -0.3 is 4.90 Å². The zero-order chi connectivity index (χ0) is 20.5. The Labute approximate surface area is 169 Å². The van der Waals surface area contributed by atoms with Gasteiger partial charge in [0.1, 0.15) is 6.54 Å². The number of carbonyl (C=O) groups is 1. The van der Waals surface area contributed by atoms with Crippen LogP contribution in [0.3, 0.4) is 0 Å². The maximum atomic E-state index is 12.9. The number of hydrogen-bond donors (Lipinski definition) is 0. The molecule has 3 heterocycles. The predicted octanol–water partition coefficient (Wildman–Crippen LogP) is 3.11. The second kappa shape index (κ2) is 7.50. The summed E-state index contributed by atoms with van der Waals surface area (Å²) in [6, 6.07) is 12.2. The number of aromatic nitrogens is 5. The van der Waals surface area contributed by atoms with Crippen LogP contribution in [-0.4, -0.2) is 42.4 Å². The van der Waals surface area contributed by atoms with Crippen LogP contribution in [0.25, 0.3) is 22.2 Å². The third-order valence-electron chi connectivity index (χ3n) is 5.35. The van der Waals surface area contributed by atoms with Crippen molar-refractivity contribution in [2.75, 3.05) is 7.05 Å². The van der Waals surface area contributed by atoms with Gasteiger partial charge in [-0.25, -0.2) is 9.67 Å². The molecule has 3 aromatic heterocycles. The van der Waals surface area contributed by atoms with E-state index in [1.807, 2.05) is 49.8 Å². The van der Waals surface area contributed by atoms with Gasteiger partial charge in [0.15, 0.2) is 5.65 Å². The van der Waals surface area contributed by atoms with E-state index in [0.717, 1.165) is 39.1 Å². The third kappa shape index (κ3) is 3.51. The fraction of sp³-hybridized carbons (Fsp3) is 0.273. The Balaban J connectivity index is 1.61. The van der Waals surface area contributed by atoms with Crippen LogP contribution in [-0.2, 0) is 24.9 Å². The molecule has 148 valence electrons. The maximum Gasteiger partial charge on any atom is 0.244 e. The summed E-state index contributed by atoms with van der Waals surface area (Å²) < 4.78 is 3.51. The summed E-state index contributed by atoms with van der Waals surface area (Å²) in [5.41, 5.74) is 5.87. The zero-order valence-corrected chi connectivity index (χ0v) is 17.1. The van der Waals surface area contributed by atoms with Gasteiger partial charge in [0, 0.05) is 43.5 Å². The van der Waals surface area contributed by atoms with E-state index in [-0.39, 0.29) is 12.5 Å². The molecule has 1 aromatic carbocycles.